The quantitative estimate of drug-likeness (QED) is 0.747. The average molecular weight is 351 g/mol. The number of para-hydroxylation sites is 1. The number of hydrogen-bond donors (Lipinski definition) is 3. The summed E-state index contributed by atoms with van der Waals surface area (Å²) in [5, 5.41) is 15.9. The van der Waals surface area contributed by atoms with Crippen molar-refractivity contribution in [3.8, 4) is 11.5 Å². The molecule has 0 saturated heterocycles. The van der Waals surface area contributed by atoms with Crippen LogP contribution < -0.4 is 20.1 Å². The SMILES string of the molecule is COc1ccc([C@H](O)CNC(=O)Nc2ccccc2Cl)cc1OC. The monoisotopic (exact) mass is 350 g/mol. The van der Waals surface area contributed by atoms with Crippen molar-refractivity contribution in [3.05, 3.63) is 53.1 Å². The standard InChI is InChI=1S/C17H19ClN2O4/c1-23-15-8-7-11(9-16(15)24-2)14(21)10-19-17(22)20-13-6-4-3-5-12(13)18/h3-9,14,21H,10H2,1-2H3,(H2,19,20,22)/t14-/m1/s1. The lowest BCUT2D eigenvalue weighted by atomic mass is 10.1. The normalized spacial score (nSPS) is 11.5. The van der Waals surface area contributed by atoms with Crippen molar-refractivity contribution in [2.75, 3.05) is 26.1 Å². The van der Waals surface area contributed by atoms with Crippen LogP contribution in [0.1, 0.15) is 11.7 Å². The van der Waals surface area contributed by atoms with Gasteiger partial charge in [0.15, 0.2) is 11.5 Å². The third-order valence-electron chi connectivity index (χ3n) is 3.37. The fraction of sp³-hybridized carbons (Fsp3) is 0.235. The first-order chi connectivity index (χ1) is 11.5. The molecule has 0 aromatic heterocycles. The van der Waals surface area contributed by atoms with Crippen molar-refractivity contribution in [1.29, 1.82) is 0 Å². The van der Waals surface area contributed by atoms with Crippen molar-refractivity contribution in [2.24, 2.45) is 0 Å². The Morgan fingerprint density at radius 1 is 1.17 bits per heavy atom. The van der Waals surface area contributed by atoms with Gasteiger partial charge in [-0.25, -0.2) is 4.79 Å². The molecular weight excluding hydrogens is 332 g/mol. The number of halogens is 1. The van der Waals surface area contributed by atoms with Crippen LogP contribution in [0.3, 0.4) is 0 Å². The molecule has 2 aromatic rings. The van der Waals surface area contributed by atoms with Gasteiger partial charge in [-0.2, -0.15) is 0 Å². The highest BCUT2D eigenvalue weighted by Gasteiger charge is 2.13. The van der Waals surface area contributed by atoms with Gasteiger partial charge in [-0.3, -0.25) is 0 Å². The summed E-state index contributed by atoms with van der Waals surface area (Å²) in [5.74, 6) is 1.08. The zero-order valence-electron chi connectivity index (χ0n) is 13.4. The summed E-state index contributed by atoms with van der Waals surface area (Å²) in [7, 11) is 3.05. The molecule has 2 aromatic carbocycles. The van der Waals surface area contributed by atoms with Gasteiger partial charge < -0.3 is 25.2 Å². The first-order valence-electron chi connectivity index (χ1n) is 7.24. The largest absolute Gasteiger partial charge is 0.493 e. The Hall–Kier alpha value is -2.44. The molecule has 0 radical (unpaired) electrons. The van der Waals surface area contributed by atoms with Gasteiger partial charge in [-0.1, -0.05) is 29.8 Å². The number of benzene rings is 2. The summed E-state index contributed by atoms with van der Waals surface area (Å²) in [4.78, 5) is 11.9. The number of ether oxygens (including phenoxy) is 2. The van der Waals surface area contributed by atoms with E-state index in [1.807, 2.05) is 0 Å². The first kappa shape index (κ1) is 17.9. The fourth-order valence-electron chi connectivity index (χ4n) is 2.10. The third kappa shape index (κ3) is 4.53. The first-order valence-corrected chi connectivity index (χ1v) is 7.62. The smallest absolute Gasteiger partial charge is 0.319 e. The van der Waals surface area contributed by atoms with Crippen molar-refractivity contribution < 1.29 is 19.4 Å². The lowest BCUT2D eigenvalue weighted by Gasteiger charge is -2.15. The van der Waals surface area contributed by atoms with Crippen LogP contribution in [0.25, 0.3) is 0 Å². The molecule has 0 unspecified atom stereocenters. The summed E-state index contributed by atoms with van der Waals surface area (Å²) in [6, 6.07) is 11.5. The third-order valence-corrected chi connectivity index (χ3v) is 3.70. The summed E-state index contributed by atoms with van der Waals surface area (Å²) in [6.45, 7) is 0.0335. The van der Waals surface area contributed by atoms with E-state index >= 15 is 0 Å². The molecule has 128 valence electrons. The van der Waals surface area contributed by atoms with E-state index < -0.39 is 12.1 Å². The molecule has 0 saturated carbocycles. The van der Waals surface area contributed by atoms with Crippen LogP contribution in [0.2, 0.25) is 5.02 Å². The Kier molecular flexibility index (Phi) is 6.28. The maximum atomic E-state index is 11.9. The number of urea groups is 1. The summed E-state index contributed by atoms with van der Waals surface area (Å²) in [5.41, 5.74) is 1.10. The zero-order valence-corrected chi connectivity index (χ0v) is 14.1. The lowest BCUT2D eigenvalue weighted by Crippen LogP contribution is -2.32. The van der Waals surface area contributed by atoms with Gasteiger partial charge in [-0.05, 0) is 29.8 Å². The summed E-state index contributed by atoms with van der Waals surface area (Å²) >= 11 is 5.97. The molecule has 0 aliphatic carbocycles. The molecule has 0 fully saturated rings. The number of anilines is 1. The number of nitrogens with one attached hydrogen (secondary N) is 2. The second-order valence-corrected chi connectivity index (χ2v) is 5.35. The lowest BCUT2D eigenvalue weighted by molar-refractivity contribution is 0.174. The van der Waals surface area contributed by atoms with E-state index in [2.05, 4.69) is 10.6 Å². The Morgan fingerprint density at radius 3 is 2.54 bits per heavy atom. The van der Waals surface area contributed by atoms with Crippen LogP contribution in [-0.2, 0) is 0 Å². The maximum absolute atomic E-state index is 11.9. The molecule has 7 heteroatoms. The molecule has 3 N–H and O–H groups in total. The second-order valence-electron chi connectivity index (χ2n) is 4.95. The summed E-state index contributed by atoms with van der Waals surface area (Å²) in [6.07, 6.45) is -0.887. The topological polar surface area (TPSA) is 79.8 Å². The average Bonchev–Trinajstić information content (AvgIpc) is 2.61. The van der Waals surface area contributed by atoms with E-state index in [1.165, 1.54) is 14.2 Å². The molecule has 0 spiro atoms. The minimum Gasteiger partial charge on any atom is -0.493 e. The van der Waals surface area contributed by atoms with Gasteiger partial charge >= 0.3 is 6.03 Å². The van der Waals surface area contributed by atoms with Gasteiger partial charge in [0.05, 0.1) is 31.0 Å². The van der Waals surface area contributed by atoms with E-state index in [0.717, 1.165) is 0 Å². The Morgan fingerprint density at radius 2 is 1.88 bits per heavy atom. The van der Waals surface area contributed by atoms with Gasteiger partial charge in [0.25, 0.3) is 0 Å². The number of rotatable bonds is 6. The number of hydrogen-bond acceptors (Lipinski definition) is 4. The van der Waals surface area contributed by atoms with Gasteiger partial charge in [0.2, 0.25) is 0 Å². The highest BCUT2D eigenvalue weighted by Crippen LogP contribution is 2.29. The predicted molar refractivity (Wildman–Crippen MR) is 93.0 cm³/mol. The van der Waals surface area contributed by atoms with Crippen LogP contribution in [0.5, 0.6) is 11.5 Å². The van der Waals surface area contributed by atoms with Crippen LogP contribution in [0.4, 0.5) is 10.5 Å². The zero-order chi connectivity index (χ0) is 17.5. The molecule has 0 heterocycles. The van der Waals surface area contributed by atoms with Crippen molar-refractivity contribution >= 4 is 23.3 Å². The number of amides is 2. The van der Waals surface area contributed by atoms with Gasteiger partial charge in [0.1, 0.15) is 0 Å². The van der Waals surface area contributed by atoms with Gasteiger partial charge in [0, 0.05) is 6.54 Å². The van der Waals surface area contributed by atoms with Crippen LogP contribution in [-0.4, -0.2) is 31.9 Å². The van der Waals surface area contributed by atoms with Crippen molar-refractivity contribution in [2.45, 2.75) is 6.10 Å². The maximum Gasteiger partial charge on any atom is 0.319 e. The number of aliphatic hydroxyl groups excluding tert-OH is 1. The minimum absolute atomic E-state index is 0.0335. The molecule has 0 aliphatic rings. The molecule has 0 bridgehead atoms. The fourth-order valence-corrected chi connectivity index (χ4v) is 2.28. The molecular formula is C17H19ClN2O4. The molecule has 24 heavy (non-hydrogen) atoms. The number of carbonyl (C=O) groups excluding carboxylic acids is 1. The Bertz CT molecular complexity index is 709. The van der Waals surface area contributed by atoms with E-state index in [9.17, 15) is 9.90 Å². The minimum atomic E-state index is -0.887. The van der Waals surface area contributed by atoms with Crippen LogP contribution in [0, 0.1) is 0 Å². The van der Waals surface area contributed by atoms with Crippen molar-refractivity contribution in [3.63, 3.8) is 0 Å². The second kappa shape index (κ2) is 8.42. The number of methoxy groups -OCH3 is 2. The molecule has 1 atom stereocenters. The molecule has 0 aliphatic heterocycles. The molecule has 2 amide bonds. The Balaban J connectivity index is 1.94. The van der Waals surface area contributed by atoms with Crippen molar-refractivity contribution in [1.82, 2.24) is 5.32 Å². The van der Waals surface area contributed by atoms with Crippen LogP contribution >= 0.6 is 11.6 Å². The molecule has 6 nitrogen and oxygen atoms in total. The predicted octanol–water partition coefficient (Wildman–Crippen LogP) is 3.21. The summed E-state index contributed by atoms with van der Waals surface area (Å²) < 4.78 is 10.3. The molecule has 2 rings (SSSR count). The number of aliphatic hydroxyl groups is 1. The van der Waals surface area contributed by atoms with E-state index in [1.54, 1.807) is 42.5 Å². The Labute approximate surface area is 145 Å². The van der Waals surface area contributed by atoms with E-state index in [4.69, 9.17) is 21.1 Å². The van der Waals surface area contributed by atoms with Crippen LogP contribution in [0.15, 0.2) is 42.5 Å². The highest BCUT2D eigenvalue weighted by atomic mass is 35.5. The highest BCUT2D eigenvalue weighted by molar-refractivity contribution is 6.33. The van der Waals surface area contributed by atoms with E-state index in [-0.39, 0.29) is 6.54 Å². The van der Waals surface area contributed by atoms with E-state index in [0.29, 0.717) is 27.8 Å². The number of carbonyl (C=O) groups is 1. The van der Waals surface area contributed by atoms with Gasteiger partial charge in [-0.15, -0.1) is 0 Å².